The van der Waals surface area contributed by atoms with E-state index in [0.29, 0.717) is 0 Å². The Kier molecular flexibility index (Phi) is 6.27. The summed E-state index contributed by atoms with van der Waals surface area (Å²) in [6.07, 6.45) is -0.424. The molecule has 3 aromatic rings. The lowest BCUT2D eigenvalue weighted by Gasteiger charge is -2.25. The maximum absolute atomic E-state index is 12.8. The number of aliphatic carboxylic acids is 1. The van der Waals surface area contributed by atoms with Gasteiger partial charge in [-0.3, -0.25) is 4.90 Å². The van der Waals surface area contributed by atoms with Crippen LogP contribution in [0.2, 0.25) is 0 Å². The Bertz CT molecular complexity index is 1080. The molecule has 158 valence electrons. The number of carbonyl (C=O) groups excluding carboxylic acids is 1. The highest BCUT2D eigenvalue weighted by atomic mass is 127. The van der Waals surface area contributed by atoms with Crippen molar-refractivity contribution < 1.29 is 19.4 Å². The second-order valence-corrected chi connectivity index (χ2v) is 8.85. The van der Waals surface area contributed by atoms with Crippen LogP contribution in [0.4, 0.5) is 4.79 Å². The number of carboxylic acids is 1. The Hall–Kier alpha value is -2.87. The van der Waals surface area contributed by atoms with E-state index in [1.165, 1.54) is 11.9 Å². The van der Waals surface area contributed by atoms with Crippen LogP contribution < -0.4 is 0 Å². The van der Waals surface area contributed by atoms with Gasteiger partial charge in [0.2, 0.25) is 0 Å². The van der Waals surface area contributed by atoms with Crippen molar-refractivity contribution in [1.29, 1.82) is 0 Å². The first-order valence-electron chi connectivity index (χ1n) is 10.0. The van der Waals surface area contributed by atoms with Gasteiger partial charge in [0, 0.05) is 23.0 Å². The molecule has 0 spiro atoms. The third-order valence-corrected chi connectivity index (χ3v) is 6.37. The maximum Gasteiger partial charge on any atom is 0.410 e. The molecule has 31 heavy (non-hydrogen) atoms. The summed E-state index contributed by atoms with van der Waals surface area (Å²) in [5, 5.41) is 9.71. The van der Waals surface area contributed by atoms with Crippen molar-refractivity contribution >= 4 is 34.7 Å². The molecule has 0 fully saturated rings. The minimum Gasteiger partial charge on any atom is -0.480 e. The monoisotopic (exact) mass is 527 g/mol. The number of carboxylic acid groups (broad SMARTS) is 1. The van der Waals surface area contributed by atoms with Gasteiger partial charge < -0.3 is 9.84 Å². The highest BCUT2D eigenvalue weighted by Crippen LogP contribution is 2.44. The smallest absolute Gasteiger partial charge is 0.410 e. The summed E-state index contributed by atoms with van der Waals surface area (Å²) in [5.74, 6) is -1.13. The van der Waals surface area contributed by atoms with E-state index in [1.54, 1.807) is 0 Å². The predicted octanol–water partition coefficient (Wildman–Crippen LogP) is 5.17. The fourth-order valence-electron chi connectivity index (χ4n) is 4.10. The number of amides is 1. The van der Waals surface area contributed by atoms with Crippen LogP contribution in [0.1, 0.15) is 22.6 Å². The van der Waals surface area contributed by atoms with Gasteiger partial charge in [-0.2, -0.15) is 0 Å². The van der Waals surface area contributed by atoms with Crippen LogP contribution in [-0.4, -0.2) is 41.8 Å². The van der Waals surface area contributed by atoms with Crippen molar-refractivity contribution in [2.75, 3.05) is 13.7 Å². The SMILES string of the molecule is CN(C(=O)OCC1c2ccccc2-c2ccccc21)C(Cc1cccc(I)c1)C(=O)O. The number of benzene rings is 3. The molecule has 0 heterocycles. The molecule has 0 saturated carbocycles. The molecule has 1 aliphatic rings. The summed E-state index contributed by atoms with van der Waals surface area (Å²) in [5.41, 5.74) is 5.39. The molecule has 0 radical (unpaired) electrons. The highest BCUT2D eigenvalue weighted by Gasteiger charge is 2.32. The molecular formula is C25H22INO4. The van der Waals surface area contributed by atoms with Gasteiger partial charge in [-0.1, -0.05) is 60.7 Å². The van der Waals surface area contributed by atoms with Crippen LogP contribution in [-0.2, 0) is 16.0 Å². The van der Waals surface area contributed by atoms with Crippen LogP contribution in [0, 0.1) is 3.57 Å². The molecule has 0 aromatic heterocycles. The summed E-state index contributed by atoms with van der Waals surface area (Å²) in [7, 11) is 1.48. The standard InChI is InChI=1S/C25H22INO4/c1-27(23(24(28)29)14-16-7-6-8-17(26)13-16)25(30)31-15-22-20-11-4-2-9-18(20)19-10-3-5-12-21(19)22/h2-13,22-23H,14-15H2,1H3,(H,28,29). The Morgan fingerprint density at radius 3 is 2.19 bits per heavy atom. The van der Waals surface area contributed by atoms with E-state index in [9.17, 15) is 14.7 Å². The third kappa shape index (κ3) is 4.44. The third-order valence-electron chi connectivity index (χ3n) is 5.69. The van der Waals surface area contributed by atoms with Crippen molar-refractivity contribution in [2.45, 2.75) is 18.4 Å². The lowest BCUT2D eigenvalue weighted by atomic mass is 9.98. The molecular weight excluding hydrogens is 505 g/mol. The lowest BCUT2D eigenvalue weighted by Crippen LogP contribution is -2.44. The minimum atomic E-state index is -1.06. The molecule has 3 aromatic carbocycles. The van der Waals surface area contributed by atoms with E-state index < -0.39 is 18.1 Å². The maximum atomic E-state index is 12.8. The number of likely N-dealkylation sites (N-methyl/N-ethyl adjacent to an activating group) is 1. The van der Waals surface area contributed by atoms with Gasteiger partial charge >= 0.3 is 12.1 Å². The molecule has 0 bridgehead atoms. The fraction of sp³-hybridized carbons (Fsp3) is 0.200. The molecule has 1 atom stereocenters. The first-order valence-corrected chi connectivity index (χ1v) is 11.1. The van der Waals surface area contributed by atoms with Crippen LogP contribution in [0.25, 0.3) is 11.1 Å². The number of hydrogen-bond acceptors (Lipinski definition) is 3. The molecule has 6 heteroatoms. The van der Waals surface area contributed by atoms with Crippen LogP contribution >= 0.6 is 22.6 Å². The Labute approximate surface area is 194 Å². The molecule has 1 unspecified atom stereocenters. The van der Waals surface area contributed by atoms with Crippen LogP contribution in [0.3, 0.4) is 0 Å². The average Bonchev–Trinajstić information content (AvgIpc) is 3.09. The first kappa shape index (κ1) is 21.4. The van der Waals surface area contributed by atoms with Crippen molar-refractivity contribution in [3.63, 3.8) is 0 Å². The van der Waals surface area contributed by atoms with E-state index in [1.807, 2.05) is 48.5 Å². The summed E-state index contributed by atoms with van der Waals surface area (Å²) in [6.45, 7) is 0.159. The Morgan fingerprint density at radius 2 is 1.61 bits per heavy atom. The van der Waals surface area contributed by atoms with Gasteiger partial charge in [-0.15, -0.1) is 0 Å². The molecule has 4 rings (SSSR count). The Balaban J connectivity index is 1.48. The summed E-state index contributed by atoms with van der Waals surface area (Å²) in [6, 6.07) is 22.8. The molecule has 1 N–H and O–H groups in total. The van der Waals surface area contributed by atoms with Gasteiger partial charge in [0.05, 0.1) is 0 Å². The van der Waals surface area contributed by atoms with E-state index in [-0.39, 0.29) is 18.9 Å². The lowest BCUT2D eigenvalue weighted by molar-refractivity contribution is -0.142. The van der Waals surface area contributed by atoms with Crippen molar-refractivity contribution in [3.05, 3.63) is 93.1 Å². The second-order valence-electron chi connectivity index (χ2n) is 7.60. The van der Waals surface area contributed by atoms with Gasteiger partial charge in [0.1, 0.15) is 12.6 Å². The normalized spacial score (nSPS) is 13.2. The number of fused-ring (bicyclic) bond motifs is 3. The predicted molar refractivity (Wildman–Crippen MR) is 127 cm³/mol. The molecule has 1 amide bonds. The van der Waals surface area contributed by atoms with Gasteiger partial charge in [-0.05, 0) is 62.5 Å². The first-order chi connectivity index (χ1) is 15.0. The van der Waals surface area contributed by atoms with Gasteiger partial charge in [0.15, 0.2) is 0 Å². The van der Waals surface area contributed by atoms with E-state index >= 15 is 0 Å². The average molecular weight is 527 g/mol. The Morgan fingerprint density at radius 1 is 1.00 bits per heavy atom. The van der Waals surface area contributed by atoms with E-state index in [4.69, 9.17) is 4.74 Å². The van der Waals surface area contributed by atoms with Crippen molar-refractivity contribution in [2.24, 2.45) is 0 Å². The van der Waals surface area contributed by atoms with E-state index in [2.05, 4.69) is 46.9 Å². The molecule has 0 saturated heterocycles. The number of ether oxygens (including phenoxy) is 1. The van der Waals surface area contributed by atoms with Gasteiger partial charge in [-0.25, -0.2) is 9.59 Å². The molecule has 0 aliphatic heterocycles. The largest absolute Gasteiger partial charge is 0.480 e. The van der Waals surface area contributed by atoms with Crippen molar-refractivity contribution in [1.82, 2.24) is 4.90 Å². The fourth-order valence-corrected chi connectivity index (χ4v) is 4.71. The minimum absolute atomic E-state index is 0.0660. The zero-order valence-electron chi connectivity index (χ0n) is 17.0. The summed E-state index contributed by atoms with van der Waals surface area (Å²) >= 11 is 2.18. The summed E-state index contributed by atoms with van der Waals surface area (Å²) in [4.78, 5) is 25.8. The molecule has 1 aliphatic carbocycles. The zero-order chi connectivity index (χ0) is 22.0. The number of carbonyl (C=O) groups is 2. The van der Waals surface area contributed by atoms with Gasteiger partial charge in [0.25, 0.3) is 0 Å². The zero-order valence-corrected chi connectivity index (χ0v) is 19.2. The number of nitrogens with zero attached hydrogens (tertiary/aromatic N) is 1. The van der Waals surface area contributed by atoms with E-state index in [0.717, 1.165) is 31.4 Å². The van der Waals surface area contributed by atoms with Crippen molar-refractivity contribution in [3.8, 4) is 11.1 Å². The number of halogens is 1. The quantitative estimate of drug-likeness (QED) is 0.450. The summed E-state index contributed by atoms with van der Waals surface area (Å²) < 4.78 is 6.63. The highest BCUT2D eigenvalue weighted by molar-refractivity contribution is 14.1. The number of hydrogen-bond donors (Lipinski definition) is 1. The second kappa shape index (κ2) is 9.09. The number of rotatable bonds is 6. The topological polar surface area (TPSA) is 66.8 Å². The van der Waals surface area contributed by atoms with Crippen LogP contribution in [0.5, 0.6) is 0 Å². The van der Waals surface area contributed by atoms with Crippen LogP contribution in [0.15, 0.2) is 72.8 Å². The molecule has 5 nitrogen and oxygen atoms in total.